The Morgan fingerprint density at radius 2 is 2.21 bits per heavy atom. The number of carbonyl (C=O) groups excluding carboxylic acids is 1. The SMILES string of the molecule is Cc1ccc(NC(=O)c2ccccc2SCC2CCCO2)cc1-n1cnnn1. The van der Waals surface area contributed by atoms with Crippen molar-refractivity contribution >= 4 is 23.4 Å². The predicted octanol–water partition coefficient (Wildman–Crippen LogP) is 3.49. The Labute approximate surface area is 167 Å². The second-order valence-corrected chi connectivity index (χ2v) is 7.71. The van der Waals surface area contributed by atoms with Crippen LogP contribution >= 0.6 is 11.8 Å². The highest BCUT2D eigenvalue weighted by Gasteiger charge is 2.18. The van der Waals surface area contributed by atoms with Gasteiger partial charge in [-0.25, -0.2) is 4.68 Å². The molecular weight excluding hydrogens is 374 g/mol. The largest absolute Gasteiger partial charge is 0.377 e. The number of thioether (sulfide) groups is 1. The molecule has 1 aromatic heterocycles. The molecule has 0 radical (unpaired) electrons. The van der Waals surface area contributed by atoms with Crippen LogP contribution in [0.2, 0.25) is 0 Å². The van der Waals surface area contributed by atoms with E-state index in [2.05, 4.69) is 20.8 Å². The van der Waals surface area contributed by atoms with Gasteiger partial charge in [0.1, 0.15) is 6.33 Å². The van der Waals surface area contributed by atoms with E-state index in [-0.39, 0.29) is 12.0 Å². The minimum atomic E-state index is -0.137. The average molecular weight is 395 g/mol. The third kappa shape index (κ3) is 4.23. The Hall–Kier alpha value is -2.71. The van der Waals surface area contributed by atoms with E-state index >= 15 is 0 Å². The Balaban J connectivity index is 1.50. The molecule has 0 bridgehead atoms. The highest BCUT2D eigenvalue weighted by Crippen LogP contribution is 2.27. The van der Waals surface area contributed by atoms with Crippen molar-refractivity contribution in [3.05, 3.63) is 59.9 Å². The summed E-state index contributed by atoms with van der Waals surface area (Å²) in [7, 11) is 0. The summed E-state index contributed by atoms with van der Waals surface area (Å²) in [5.41, 5.74) is 3.19. The average Bonchev–Trinajstić information content (AvgIpc) is 3.42. The molecule has 1 aliphatic heterocycles. The van der Waals surface area contributed by atoms with Crippen LogP contribution in [0.3, 0.4) is 0 Å². The summed E-state index contributed by atoms with van der Waals surface area (Å²) in [5.74, 6) is 0.722. The number of anilines is 1. The maximum Gasteiger partial charge on any atom is 0.256 e. The lowest BCUT2D eigenvalue weighted by atomic mass is 10.1. The number of benzene rings is 2. The smallest absolute Gasteiger partial charge is 0.256 e. The van der Waals surface area contributed by atoms with Gasteiger partial charge in [0.2, 0.25) is 0 Å². The molecule has 1 atom stereocenters. The molecule has 4 rings (SSSR count). The van der Waals surface area contributed by atoms with E-state index in [9.17, 15) is 4.79 Å². The first-order chi connectivity index (χ1) is 13.7. The van der Waals surface area contributed by atoms with Crippen LogP contribution in [0.1, 0.15) is 28.8 Å². The van der Waals surface area contributed by atoms with E-state index < -0.39 is 0 Å². The van der Waals surface area contributed by atoms with E-state index in [1.54, 1.807) is 16.4 Å². The quantitative estimate of drug-likeness (QED) is 0.644. The Morgan fingerprint density at radius 1 is 1.32 bits per heavy atom. The maximum absolute atomic E-state index is 12.9. The first-order valence-corrected chi connectivity index (χ1v) is 10.2. The summed E-state index contributed by atoms with van der Waals surface area (Å²) in [6.07, 6.45) is 4.01. The molecule has 1 aliphatic rings. The predicted molar refractivity (Wildman–Crippen MR) is 108 cm³/mol. The van der Waals surface area contributed by atoms with Crippen LogP contribution in [0.15, 0.2) is 53.7 Å². The summed E-state index contributed by atoms with van der Waals surface area (Å²) in [4.78, 5) is 13.9. The lowest BCUT2D eigenvalue weighted by Gasteiger charge is -2.13. The normalized spacial score (nSPS) is 16.2. The molecule has 8 heteroatoms. The Morgan fingerprint density at radius 3 is 3.00 bits per heavy atom. The van der Waals surface area contributed by atoms with Crippen molar-refractivity contribution in [3.8, 4) is 5.69 Å². The fourth-order valence-corrected chi connectivity index (χ4v) is 4.26. The van der Waals surface area contributed by atoms with Crippen LogP contribution in [-0.4, -0.2) is 44.6 Å². The number of carbonyl (C=O) groups is 1. The summed E-state index contributed by atoms with van der Waals surface area (Å²) >= 11 is 1.67. The van der Waals surface area contributed by atoms with Crippen molar-refractivity contribution in [2.45, 2.75) is 30.8 Å². The van der Waals surface area contributed by atoms with E-state index in [0.717, 1.165) is 41.3 Å². The lowest BCUT2D eigenvalue weighted by molar-refractivity contribution is 0.102. The Bertz CT molecular complexity index is 955. The molecule has 7 nitrogen and oxygen atoms in total. The molecule has 28 heavy (non-hydrogen) atoms. The number of rotatable bonds is 6. The second-order valence-electron chi connectivity index (χ2n) is 6.65. The van der Waals surface area contributed by atoms with Crippen LogP contribution in [0.5, 0.6) is 0 Å². The number of aryl methyl sites for hydroxylation is 1. The zero-order valence-corrected chi connectivity index (χ0v) is 16.4. The van der Waals surface area contributed by atoms with Crippen molar-refractivity contribution in [3.63, 3.8) is 0 Å². The molecule has 0 aliphatic carbocycles. The molecular formula is C20H21N5O2S. The zero-order valence-electron chi connectivity index (χ0n) is 15.5. The van der Waals surface area contributed by atoms with Gasteiger partial charge in [-0.15, -0.1) is 16.9 Å². The summed E-state index contributed by atoms with van der Waals surface area (Å²) in [6.45, 7) is 2.81. The number of nitrogens with one attached hydrogen (secondary N) is 1. The monoisotopic (exact) mass is 395 g/mol. The molecule has 2 aromatic carbocycles. The number of tetrazole rings is 1. The van der Waals surface area contributed by atoms with Gasteiger partial charge in [-0.3, -0.25) is 4.79 Å². The van der Waals surface area contributed by atoms with Gasteiger partial charge in [-0.1, -0.05) is 18.2 Å². The fraction of sp³-hybridized carbons (Fsp3) is 0.300. The van der Waals surface area contributed by atoms with Gasteiger partial charge in [0, 0.05) is 22.9 Å². The molecule has 144 valence electrons. The summed E-state index contributed by atoms with van der Waals surface area (Å²) < 4.78 is 7.27. The number of hydrogen-bond acceptors (Lipinski definition) is 6. The second kappa shape index (κ2) is 8.53. The standard InChI is InChI=1S/C20H21N5O2S/c1-14-8-9-15(11-18(14)25-13-21-23-24-25)22-20(26)17-6-2-3-7-19(17)28-12-16-5-4-10-27-16/h2-3,6-9,11,13,16H,4-5,10,12H2,1H3,(H,22,26). The van der Waals surface area contributed by atoms with E-state index in [4.69, 9.17) is 4.74 Å². The van der Waals surface area contributed by atoms with Crippen LogP contribution in [0, 0.1) is 6.92 Å². The highest BCUT2D eigenvalue weighted by atomic mass is 32.2. The van der Waals surface area contributed by atoms with Crippen molar-refractivity contribution < 1.29 is 9.53 Å². The molecule has 1 fully saturated rings. The van der Waals surface area contributed by atoms with Gasteiger partial charge in [0.15, 0.2) is 0 Å². The Kier molecular flexibility index (Phi) is 5.68. The number of amides is 1. The number of nitrogens with zero attached hydrogens (tertiary/aromatic N) is 4. The topological polar surface area (TPSA) is 81.9 Å². The number of hydrogen-bond donors (Lipinski definition) is 1. The zero-order chi connectivity index (χ0) is 19.3. The van der Waals surface area contributed by atoms with Crippen LogP contribution in [0.4, 0.5) is 5.69 Å². The van der Waals surface area contributed by atoms with Crippen molar-refractivity contribution in [1.82, 2.24) is 20.2 Å². The lowest BCUT2D eigenvalue weighted by Crippen LogP contribution is -2.14. The van der Waals surface area contributed by atoms with Gasteiger partial charge >= 0.3 is 0 Å². The molecule has 1 amide bonds. The molecule has 1 unspecified atom stereocenters. The third-order valence-corrected chi connectivity index (χ3v) is 5.85. The van der Waals surface area contributed by atoms with E-state index in [1.165, 1.54) is 6.33 Å². The third-order valence-electron chi connectivity index (χ3n) is 4.64. The first kappa shape index (κ1) is 18.6. The molecule has 3 aromatic rings. The minimum Gasteiger partial charge on any atom is -0.377 e. The van der Waals surface area contributed by atoms with Gasteiger partial charge in [0.25, 0.3) is 5.91 Å². The van der Waals surface area contributed by atoms with E-state index in [0.29, 0.717) is 11.3 Å². The van der Waals surface area contributed by atoms with Crippen molar-refractivity contribution in [1.29, 1.82) is 0 Å². The molecule has 1 N–H and O–H groups in total. The minimum absolute atomic E-state index is 0.137. The van der Waals surface area contributed by atoms with Crippen LogP contribution in [0.25, 0.3) is 5.69 Å². The molecule has 0 spiro atoms. The van der Waals surface area contributed by atoms with Crippen LogP contribution in [-0.2, 0) is 4.74 Å². The number of aromatic nitrogens is 4. The number of ether oxygens (including phenoxy) is 1. The van der Waals surface area contributed by atoms with Gasteiger partial charge in [0.05, 0.1) is 17.4 Å². The van der Waals surface area contributed by atoms with Gasteiger partial charge < -0.3 is 10.1 Å². The molecule has 2 heterocycles. The highest BCUT2D eigenvalue weighted by molar-refractivity contribution is 7.99. The molecule has 0 saturated carbocycles. The van der Waals surface area contributed by atoms with Gasteiger partial charge in [-0.2, -0.15) is 0 Å². The van der Waals surface area contributed by atoms with Crippen LogP contribution < -0.4 is 5.32 Å². The van der Waals surface area contributed by atoms with Crippen molar-refractivity contribution in [2.24, 2.45) is 0 Å². The first-order valence-electron chi connectivity index (χ1n) is 9.19. The summed E-state index contributed by atoms with van der Waals surface area (Å²) in [5, 5.41) is 14.3. The van der Waals surface area contributed by atoms with E-state index in [1.807, 2.05) is 49.4 Å². The van der Waals surface area contributed by atoms with Crippen molar-refractivity contribution in [2.75, 3.05) is 17.7 Å². The summed E-state index contributed by atoms with van der Waals surface area (Å²) in [6, 6.07) is 13.3. The van der Waals surface area contributed by atoms with Gasteiger partial charge in [-0.05, 0) is 60.0 Å². The fourth-order valence-electron chi connectivity index (χ4n) is 3.14. The molecule has 1 saturated heterocycles. The maximum atomic E-state index is 12.9.